The largest absolute Gasteiger partial charge is 0.385 e. The Balaban J connectivity index is 2.46. The van der Waals surface area contributed by atoms with E-state index in [2.05, 4.69) is 4.90 Å². The van der Waals surface area contributed by atoms with Gasteiger partial charge in [-0.1, -0.05) is 0 Å². The number of hydrogen-bond acceptors (Lipinski definition) is 3. The van der Waals surface area contributed by atoms with Gasteiger partial charge in [0.05, 0.1) is 12.1 Å². The third-order valence-electron chi connectivity index (χ3n) is 1.93. The zero-order valence-corrected chi connectivity index (χ0v) is 6.58. The Labute approximate surface area is 67.1 Å². The summed E-state index contributed by atoms with van der Waals surface area (Å²) in [6.45, 7) is 2.01. The Bertz CT molecular complexity index is 184. The Morgan fingerprint density at radius 1 is 1.36 bits per heavy atom. The zero-order chi connectivity index (χ0) is 8.10. The van der Waals surface area contributed by atoms with E-state index in [1.807, 2.05) is 6.07 Å². The molecule has 11 heavy (non-hydrogen) atoms. The Morgan fingerprint density at radius 2 is 2.00 bits per heavy atom. The van der Waals surface area contributed by atoms with Crippen molar-refractivity contribution in [1.29, 1.82) is 5.26 Å². The van der Waals surface area contributed by atoms with Crippen LogP contribution in [0.1, 0.15) is 19.3 Å². The minimum atomic E-state index is 0.618. The average Bonchev–Trinajstić information content (AvgIpc) is 2.07. The van der Waals surface area contributed by atoms with Gasteiger partial charge in [0.2, 0.25) is 0 Å². The summed E-state index contributed by atoms with van der Waals surface area (Å²) in [4.78, 5) is 2.06. The smallest absolute Gasteiger partial charge is 0.109 e. The number of nitrogens with two attached hydrogens (primary N) is 1. The standard InChI is InChI=1S/C8H13N3/c9-5-4-8(10)11-6-2-1-3-7-11/h4H,1-3,6-7,10H2/b8-4-. The SMILES string of the molecule is N#C/C=C(/N)N1CCCCC1. The van der Waals surface area contributed by atoms with E-state index >= 15 is 0 Å². The monoisotopic (exact) mass is 151 g/mol. The summed E-state index contributed by atoms with van der Waals surface area (Å²) in [6.07, 6.45) is 5.08. The van der Waals surface area contributed by atoms with Gasteiger partial charge in [0.1, 0.15) is 5.82 Å². The first kappa shape index (κ1) is 7.93. The Morgan fingerprint density at radius 3 is 2.55 bits per heavy atom. The number of likely N-dealkylation sites (tertiary alicyclic amines) is 1. The van der Waals surface area contributed by atoms with Gasteiger partial charge in [-0.3, -0.25) is 0 Å². The van der Waals surface area contributed by atoms with Crippen LogP contribution in [-0.4, -0.2) is 18.0 Å². The molecule has 0 atom stereocenters. The third kappa shape index (κ3) is 2.15. The third-order valence-corrected chi connectivity index (χ3v) is 1.93. The zero-order valence-electron chi connectivity index (χ0n) is 6.58. The molecule has 0 saturated carbocycles. The first-order chi connectivity index (χ1) is 5.34. The molecule has 0 bridgehead atoms. The van der Waals surface area contributed by atoms with Crippen LogP contribution in [0.2, 0.25) is 0 Å². The predicted octanol–water partition coefficient (Wildman–Crippen LogP) is 0.796. The summed E-state index contributed by atoms with van der Waals surface area (Å²) in [6, 6.07) is 1.94. The minimum absolute atomic E-state index is 0.618. The molecule has 0 spiro atoms. The van der Waals surface area contributed by atoms with Crippen LogP contribution in [0.3, 0.4) is 0 Å². The molecule has 3 nitrogen and oxygen atoms in total. The van der Waals surface area contributed by atoms with E-state index < -0.39 is 0 Å². The van der Waals surface area contributed by atoms with Crippen LogP contribution in [0.15, 0.2) is 11.9 Å². The molecule has 3 heteroatoms. The van der Waals surface area contributed by atoms with Gasteiger partial charge in [0.25, 0.3) is 0 Å². The highest BCUT2D eigenvalue weighted by atomic mass is 15.2. The fourth-order valence-electron chi connectivity index (χ4n) is 1.31. The van der Waals surface area contributed by atoms with E-state index in [1.54, 1.807) is 0 Å². The number of nitrogens with zero attached hydrogens (tertiary/aromatic N) is 2. The van der Waals surface area contributed by atoms with Gasteiger partial charge in [-0.15, -0.1) is 0 Å². The number of piperidine rings is 1. The van der Waals surface area contributed by atoms with Crippen molar-refractivity contribution in [3.8, 4) is 6.07 Å². The van der Waals surface area contributed by atoms with Crippen LogP contribution in [0.25, 0.3) is 0 Å². The quantitative estimate of drug-likeness (QED) is 0.564. The normalized spacial score (nSPS) is 19.5. The van der Waals surface area contributed by atoms with Crippen LogP contribution in [0.4, 0.5) is 0 Å². The maximum absolute atomic E-state index is 8.33. The lowest BCUT2D eigenvalue weighted by molar-refractivity contribution is 0.283. The van der Waals surface area contributed by atoms with Gasteiger partial charge in [-0.05, 0) is 19.3 Å². The van der Waals surface area contributed by atoms with Crippen molar-refractivity contribution in [3.05, 3.63) is 11.9 Å². The first-order valence-corrected chi connectivity index (χ1v) is 3.95. The molecule has 0 aromatic heterocycles. The predicted molar refractivity (Wildman–Crippen MR) is 43.3 cm³/mol. The van der Waals surface area contributed by atoms with Crippen molar-refractivity contribution >= 4 is 0 Å². The van der Waals surface area contributed by atoms with Gasteiger partial charge < -0.3 is 10.6 Å². The number of allylic oxidation sites excluding steroid dienone is 1. The lowest BCUT2D eigenvalue weighted by Crippen LogP contribution is -2.32. The van der Waals surface area contributed by atoms with E-state index in [4.69, 9.17) is 11.0 Å². The Hall–Kier alpha value is -1.17. The molecular weight excluding hydrogens is 138 g/mol. The van der Waals surface area contributed by atoms with Crippen molar-refractivity contribution in [3.63, 3.8) is 0 Å². The average molecular weight is 151 g/mol. The van der Waals surface area contributed by atoms with Gasteiger partial charge in [0, 0.05) is 13.1 Å². The van der Waals surface area contributed by atoms with Crippen molar-refractivity contribution in [2.45, 2.75) is 19.3 Å². The highest BCUT2D eigenvalue weighted by Crippen LogP contribution is 2.10. The van der Waals surface area contributed by atoms with Crippen LogP contribution < -0.4 is 5.73 Å². The summed E-state index contributed by atoms with van der Waals surface area (Å²) in [5.74, 6) is 0.618. The molecule has 0 aromatic carbocycles. The summed E-state index contributed by atoms with van der Waals surface area (Å²) >= 11 is 0. The lowest BCUT2D eigenvalue weighted by Gasteiger charge is -2.28. The van der Waals surface area contributed by atoms with Gasteiger partial charge >= 0.3 is 0 Å². The number of nitriles is 1. The second-order valence-electron chi connectivity index (χ2n) is 2.75. The minimum Gasteiger partial charge on any atom is -0.385 e. The van der Waals surface area contributed by atoms with Crippen LogP contribution >= 0.6 is 0 Å². The van der Waals surface area contributed by atoms with Crippen molar-refractivity contribution in [2.24, 2.45) is 5.73 Å². The molecule has 0 unspecified atom stereocenters. The fourth-order valence-corrected chi connectivity index (χ4v) is 1.31. The van der Waals surface area contributed by atoms with Gasteiger partial charge in [-0.25, -0.2) is 0 Å². The molecule has 1 aliphatic rings. The lowest BCUT2D eigenvalue weighted by atomic mass is 10.1. The molecule has 0 amide bonds. The summed E-state index contributed by atoms with van der Waals surface area (Å²) < 4.78 is 0. The summed E-state index contributed by atoms with van der Waals surface area (Å²) in [5, 5.41) is 8.33. The van der Waals surface area contributed by atoms with E-state index in [0.29, 0.717) is 5.82 Å². The molecule has 1 heterocycles. The fraction of sp³-hybridized carbons (Fsp3) is 0.625. The van der Waals surface area contributed by atoms with Crippen molar-refractivity contribution in [1.82, 2.24) is 4.90 Å². The Kier molecular flexibility index (Phi) is 2.79. The second-order valence-corrected chi connectivity index (χ2v) is 2.75. The first-order valence-electron chi connectivity index (χ1n) is 3.95. The molecular formula is C8H13N3. The highest BCUT2D eigenvalue weighted by Gasteiger charge is 2.09. The van der Waals surface area contributed by atoms with Crippen LogP contribution in [-0.2, 0) is 0 Å². The van der Waals surface area contributed by atoms with Gasteiger partial charge in [0.15, 0.2) is 0 Å². The topological polar surface area (TPSA) is 53.1 Å². The van der Waals surface area contributed by atoms with Crippen molar-refractivity contribution < 1.29 is 0 Å². The number of rotatable bonds is 1. The molecule has 2 N–H and O–H groups in total. The molecule has 0 radical (unpaired) electrons. The summed E-state index contributed by atoms with van der Waals surface area (Å²) in [5.41, 5.74) is 5.62. The maximum Gasteiger partial charge on any atom is 0.109 e. The molecule has 1 fully saturated rings. The maximum atomic E-state index is 8.33. The highest BCUT2D eigenvalue weighted by molar-refractivity contribution is 5.09. The molecule has 1 saturated heterocycles. The van der Waals surface area contributed by atoms with E-state index in [0.717, 1.165) is 13.1 Å². The van der Waals surface area contributed by atoms with E-state index in [1.165, 1.54) is 25.3 Å². The molecule has 0 aromatic rings. The molecule has 60 valence electrons. The van der Waals surface area contributed by atoms with Crippen LogP contribution in [0.5, 0.6) is 0 Å². The molecule has 0 aliphatic carbocycles. The molecule has 1 aliphatic heterocycles. The van der Waals surface area contributed by atoms with E-state index in [9.17, 15) is 0 Å². The number of hydrogen-bond donors (Lipinski definition) is 1. The molecule has 1 rings (SSSR count). The van der Waals surface area contributed by atoms with E-state index in [-0.39, 0.29) is 0 Å². The van der Waals surface area contributed by atoms with Gasteiger partial charge in [-0.2, -0.15) is 5.26 Å². The van der Waals surface area contributed by atoms with Crippen molar-refractivity contribution in [2.75, 3.05) is 13.1 Å². The second kappa shape index (κ2) is 3.87. The summed E-state index contributed by atoms with van der Waals surface area (Å²) in [7, 11) is 0. The van der Waals surface area contributed by atoms with Crippen LogP contribution in [0, 0.1) is 11.3 Å².